The van der Waals surface area contributed by atoms with E-state index in [0.717, 1.165) is 31.4 Å². The molecule has 2 unspecified atom stereocenters. The number of likely N-dealkylation sites (tertiary alicyclic amines) is 1. The number of piperidine rings is 1. The number of nitrogens with zero attached hydrogens (tertiary/aromatic N) is 2. The fourth-order valence-electron chi connectivity index (χ4n) is 4.85. The van der Waals surface area contributed by atoms with Gasteiger partial charge in [-0.2, -0.15) is 4.72 Å². The summed E-state index contributed by atoms with van der Waals surface area (Å²) < 4.78 is 56.0. The molecule has 0 bridgehead atoms. The molecule has 39 heavy (non-hydrogen) atoms. The van der Waals surface area contributed by atoms with E-state index in [4.69, 9.17) is 0 Å². The molecule has 2 amide bonds. The monoisotopic (exact) mass is 561 g/mol. The molecular formula is C27H33F2N5O4S. The van der Waals surface area contributed by atoms with E-state index in [1.165, 1.54) is 24.4 Å². The zero-order chi connectivity index (χ0) is 28.2. The van der Waals surface area contributed by atoms with Crippen molar-refractivity contribution < 1.29 is 26.8 Å². The SMILES string of the molecule is C[C@H](NC(=O)[C@H](CC(=O)N1CCCC[C@@H]1C)NS(=O)(=O)c1ccccc1)C1N=CC(c2ccc(F)cc2F)N1. The van der Waals surface area contributed by atoms with Crippen molar-refractivity contribution in [1.82, 2.24) is 20.3 Å². The number of carbonyl (C=O) groups is 2. The van der Waals surface area contributed by atoms with E-state index in [9.17, 15) is 26.8 Å². The molecule has 3 N–H and O–H groups in total. The van der Waals surface area contributed by atoms with Gasteiger partial charge in [0.05, 0.1) is 23.4 Å². The smallest absolute Gasteiger partial charge is 0.241 e. The van der Waals surface area contributed by atoms with Gasteiger partial charge in [0.15, 0.2) is 0 Å². The minimum atomic E-state index is -4.10. The van der Waals surface area contributed by atoms with Crippen LogP contribution in [0, 0.1) is 11.6 Å². The van der Waals surface area contributed by atoms with Crippen molar-refractivity contribution in [2.24, 2.45) is 4.99 Å². The van der Waals surface area contributed by atoms with Crippen LogP contribution in [-0.4, -0.2) is 62.2 Å². The number of benzene rings is 2. The zero-order valence-electron chi connectivity index (χ0n) is 21.8. The fourth-order valence-corrected chi connectivity index (χ4v) is 6.07. The average Bonchev–Trinajstić information content (AvgIpc) is 3.39. The molecule has 0 radical (unpaired) electrons. The highest BCUT2D eigenvalue weighted by Crippen LogP contribution is 2.22. The molecule has 0 aliphatic carbocycles. The number of rotatable bonds is 9. The van der Waals surface area contributed by atoms with Gasteiger partial charge in [0.1, 0.15) is 23.8 Å². The molecule has 2 aliphatic heterocycles. The van der Waals surface area contributed by atoms with E-state index in [1.807, 2.05) is 6.92 Å². The number of amides is 2. The molecule has 0 aromatic heterocycles. The maximum Gasteiger partial charge on any atom is 0.241 e. The summed E-state index contributed by atoms with van der Waals surface area (Å²) in [7, 11) is -4.10. The molecule has 12 heteroatoms. The molecular weight excluding hydrogens is 528 g/mol. The van der Waals surface area contributed by atoms with Gasteiger partial charge in [0.25, 0.3) is 0 Å². The summed E-state index contributed by atoms with van der Waals surface area (Å²) in [6.45, 7) is 4.15. The number of sulfonamides is 1. The Morgan fingerprint density at radius 2 is 1.90 bits per heavy atom. The van der Waals surface area contributed by atoms with Crippen LogP contribution in [0.1, 0.15) is 51.1 Å². The van der Waals surface area contributed by atoms with Crippen LogP contribution in [0.25, 0.3) is 0 Å². The number of aliphatic imine (C=N–C) groups is 1. The largest absolute Gasteiger partial charge is 0.349 e. The second kappa shape index (κ2) is 12.3. The quantitative estimate of drug-likeness (QED) is 0.435. The van der Waals surface area contributed by atoms with E-state index in [2.05, 4.69) is 20.3 Å². The number of halogens is 2. The Bertz CT molecular complexity index is 1320. The van der Waals surface area contributed by atoms with Crippen LogP contribution < -0.4 is 15.4 Å². The third-order valence-corrected chi connectivity index (χ3v) is 8.54. The Morgan fingerprint density at radius 1 is 1.15 bits per heavy atom. The first-order chi connectivity index (χ1) is 18.5. The second-order valence-corrected chi connectivity index (χ2v) is 11.7. The Kier molecular flexibility index (Phi) is 9.08. The summed E-state index contributed by atoms with van der Waals surface area (Å²) in [5.41, 5.74) is 0.205. The molecule has 9 nitrogen and oxygen atoms in total. The Morgan fingerprint density at radius 3 is 2.59 bits per heavy atom. The van der Waals surface area contributed by atoms with Crippen LogP contribution >= 0.6 is 0 Å². The van der Waals surface area contributed by atoms with Gasteiger partial charge in [-0.3, -0.25) is 19.9 Å². The minimum absolute atomic E-state index is 0.000400. The van der Waals surface area contributed by atoms with Crippen molar-refractivity contribution in [2.75, 3.05) is 6.54 Å². The molecule has 5 atom stereocenters. The maximum atomic E-state index is 14.2. The van der Waals surface area contributed by atoms with Gasteiger partial charge in [-0.25, -0.2) is 17.2 Å². The average molecular weight is 562 g/mol. The first-order valence-corrected chi connectivity index (χ1v) is 14.4. The highest BCUT2D eigenvalue weighted by Gasteiger charge is 2.34. The topological polar surface area (TPSA) is 120 Å². The highest BCUT2D eigenvalue weighted by molar-refractivity contribution is 7.89. The van der Waals surface area contributed by atoms with Gasteiger partial charge in [-0.15, -0.1) is 0 Å². The van der Waals surface area contributed by atoms with Gasteiger partial charge in [0.2, 0.25) is 21.8 Å². The van der Waals surface area contributed by atoms with E-state index < -0.39 is 51.9 Å². The maximum absolute atomic E-state index is 14.2. The molecule has 4 rings (SSSR count). The summed E-state index contributed by atoms with van der Waals surface area (Å²) >= 11 is 0. The molecule has 2 aromatic rings. The molecule has 0 saturated carbocycles. The summed E-state index contributed by atoms with van der Waals surface area (Å²) in [4.78, 5) is 32.5. The first kappa shape index (κ1) is 28.8. The van der Waals surface area contributed by atoms with Crippen LogP contribution in [0.15, 0.2) is 58.4 Å². The minimum Gasteiger partial charge on any atom is -0.349 e. The van der Waals surface area contributed by atoms with Crippen molar-refractivity contribution in [3.63, 3.8) is 0 Å². The van der Waals surface area contributed by atoms with Gasteiger partial charge in [0, 0.05) is 30.4 Å². The van der Waals surface area contributed by atoms with Gasteiger partial charge >= 0.3 is 0 Å². The van der Waals surface area contributed by atoms with Crippen LogP contribution in [0.3, 0.4) is 0 Å². The standard InChI is InChI=1S/C27H33F2N5O4S/c1-17-8-6-7-13-34(17)25(35)15-23(33-39(37,38)20-9-4-3-5-10-20)27(36)31-18(2)26-30-16-24(32-26)21-12-11-19(28)14-22(21)29/h3-5,9-12,14,16-18,23-24,26,32-33H,6-8,13,15H2,1-2H3,(H,31,36)/t17-,18-,23-,24?,26?/m0/s1. The lowest BCUT2D eigenvalue weighted by Gasteiger charge is -2.34. The van der Waals surface area contributed by atoms with Crippen molar-refractivity contribution >= 4 is 28.1 Å². The van der Waals surface area contributed by atoms with Crippen LogP contribution in [0.5, 0.6) is 0 Å². The van der Waals surface area contributed by atoms with Crippen molar-refractivity contribution in [3.05, 3.63) is 65.7 Å². The summed E-state index contributed by atoms with van der Waals surface area (Å²) in [5.74, 6) is -2.42. The Balaban J connectivity index is 1.47. The number of hydrogen-bond donors (Lipinski definition) is 3. The lowest BCUT2D eigenvalue weighted by molar-refractivity contribution is -0.137. The van der Waals surface area contributed by atoms with Crippen molar-refractivity contribution in [3.8, 4) is 0 Å². The lowest BCUT2D eigenvalue weighted by atomic mass is 10.0. The molecule has 2 aliphatic rings. The van der Waals surface area contributed by atoms with Gasteiger partial charge in [-0.05, 0) is 51.3 Å². The van der Waals surface area contributed by atoms with Crippen molar-refractivity contribution in [1.29, 1.82) is 0 Å². The van der Waals surface area contributed by atoms with E-state index in [-0.39, 0.29) is 28.8 Å². The molecule has 210 valence electrons. The molecule has 2 heterocycles. The molecule has 0 spiro atoms. The molecule has 1 saturated heterocycles. The van der Waals surface area contributed by atoms with E-state index >= 15 is 0 Å². The normalized spacial score (nSPS) is 22.9. The Hall–Kier alpha value is -3.22. The fraction of sp³-hybridized carbons (Fsp3) is 0.444. The number of hydrogen-bond acceptors (Lipinski definition) is 6. The van der Waals surface area contributed by atoms with Gasteiger partial charge < -0.3 is 10.2 Å². The number of carbonyl (C=O) groups excluding carboxylic acids is 2. The number of nitrogens with one attached hydrogen (secondary N) is 3. The van der Waals surface area contributed by atoms with Gasteiger partial charge in [-0.1, -0.05) is 24.3 Å². The van der Waals surface area contributed by atoms with Crippen LogP contribution in [0.4, 0.5) is 8.78 Å². The predicted octanol–water partition coefficient (Wildman–Crippen LogP) is 2.65. The third-order valence-electron chi connectivity index (χ3n) is 7.06. The predicted molar refractivity (Wildman–Crippen MR) is 142 cm³/mol. The lowest BCUT2D eigenvalue weighted by Crippen LogP contribution is -2.55. The first-order valence-electron chi connectivity index (χ1n) is 13.0. The van der Waals surface area contributed by atoms with E-state index in [1.54, 1.807) is 30.0 Å². The van der Waals surface area contributed by atoms with Crippen LogP contribution in [-0.2, 0) is 19.6 Å². The summed E-state index contributed by atoms with van der Waals surface area (Å²) in [6, 6.07) is 8.22. The molecule has 2 aromatic carbocycles. The Labute approximate surface area is 227 Å². The second-order valence-electron chi connectivity index (χ2n) is 9.97. The summed E-state index contributed by atoms with van der Waals surface area (Å²) in [5, 5.41) is 5.82. The summed E-state index contributed by atoms with van der Waals surface area (Å²) in [6.07, 6.45) is 3.16. The zero-order valence-corrected chi connectivity index (χ0v) is 22.6. The van der Waals surface area contributed by atoms with Crippen LogP contribution in [0.2, 0.25) is 0 Å². The third kappa shape index (κ3) is 7.06. The highest BCUT2D eigenvalue weighted by atomic mass is 32.2. The van der Waals surface area contributed by atoms with Crippen molar-refractivity contribution in [2.45, 2.75) is 74.8 Å². The van der Waals surface area contributed by atoms with E-state index in [0.29, 0.717) is 6.54 Å². The molecule has 1 fully saturated rings.